The zero-order valence-corrected chi connectivity index (χ0v) is 9.55. The highest BCUT2D eigenvalue weighted by molar-refractivity contribution is 5.90. The fourth-order valence-corrected chi connectivity index (χ4v) is 1.45. The van der Waals surface area contributed by atoms with Crippen LogP contribution < -0.4 is 4.74 Å². The monoisotopic (exact) mass is 247 g/mol. The fourth-order valence-electron chi connectivity index (χ4n) is 1.45. The lowest BCUT2D eigenvalue weighted by Gasteiger charge is -2.09. The van der Waals surface area contributed by atoms with Gasteiger partial charge in [-0.15, -0.1) is 0 Å². The van der Waals surface area contributed by atoms with Gasteiger partial charge in [-0.05, 0) is 30.7 Å². The van der Waals surface area contributed by atoms with Crippen molar-refractivity contribution in [3.8, 4) is 11.5 Å². The summed E-state index contributed by atoms with van der Waals surface area (Å²) in [6.07, 6.45) is 2.58. The van der Waals surface area contributed by atoms with Crippen LogP contribution in [0.4, 0.5) is 4.39 Å². The molecule has 0 radical (unpaired) electrons. The number of hydrogen-bond donors (Lipinski definition) is 1. The van der Waals surface area contributed by atoms with E-state index in [0.717, 1.165) is 5.56 Å². The van der Waals surface area contributed by atoms with Crippen LogP contribution in [0.1, 0.15) is 15.9 Å². The predicted octanol–water partition coefficient (Wildman–Crippen LogP) is 3.02. The molecule has 0 spiro atoms. The molecule has 1 aromatic heterocycles. The lowest BCUT2D eigenvalue weighted by Crippen LogP contribution is -2.01. The number of carboxylic acids is 1. The van der Waals surface area contributed by atoms with E-state index in [1.165, 1.54) is 30.6 Å². The molecule has 1 N–H and O–H groups in total. The van der Waals surface area contributed by atoms with Gasteiger partial charge in [-0.3, -0.25) is 4.98 Å². The van der Waals surface area contributed by atoms with Gasteiger partial charge in [0.15, 0.2) is 17.3 Å². The van der Waals surface area contributed by atoms with Gasteiger partial charge in [-0.2, -0.15) is 0 Å². The van der Waals surface area contributed by atoms with Crippen LogP contribution in [0, 0.1) is 12.7 Å². The summed E-state index contributed by atoms with van der Waals surface area (Å²) in [6, 6.07) is 5.66. The molecule has 92 valence electrons. The molecule has 0 saturated heterocycles. The van der Waals surface area contributed by atoms with Gasteiger partial charge in [0.2, 0.25) is 0 Å². The number of nitrogens with zero attached hydrogens (tertiary/aromatic N) is 1. The van der Waals surface area contributed by atoms with Crippen molar-refractivity contribution in [3.05, 3.63) is 53.6 Å². The molecule has 18 heavy (non-hydrogen) atoms. The maximum absolute atomic E-state index is 13.5. The standard InChI is InChI=1S/C13H10FNO3/c1-8-2-3-10(14)11(6-8)18-12-7-15-5-4-9(12)13(16)17/h2-7H,1H3,(H,16,17). The van der Waals surface area contributed by atoms with Gasteiger partial charge in [0, 0.05) is 6.20 Å². The van der Waals surface area contributed by atoms with Crippen molar-refractivity contribution in [1.29, 1.82) is 0 Å². The Morgan fingerprint density at radius 2 is 2.11 bits per heavy atom. The Hall–Kier alpha value is -2.43. The summed E-state index contributed by atoms with van der Waals surface area (Å²) in [5.74, 6) is -1.72. The van der Waals surface area contributed by atoms with Gasteiger partial charge in [-0.1, -0.05) is 6.07 Å². The number of aromatic carboxylic acids is 1. The van der Waals surface area contributed by atoms with Gasteiger partial charge >= 0.3 is 5.97 Å². The summed E-state index contributed by atoms with van der Waals surface area (Å²) in [4.78, 5) is 14.7. The van der Waals surface area contributed by atoms with Crippen molar-refractivity contribution >= 4 is 5.97 Å². The van der Waals surface area contributed by atoms with Gasteiger partial charge in [-0.25, -0.2) is 9.18 Å². The van der Waals surface area contributed by atoms with Crippen molar-refractivity contribution in [1.82, 2.24) is 4.98 Å². The molecule has 0 atom stereocenters. The van der Waals surface area contributed by atoms with E-state index in [4.69, 9.17) is 9.84 Å². The Morgan fingerprint density at radius 3 is 2.83 bits per heavy atom. The van der Waals surface area contributed by atoms with Gasteiger partial charge in [0.05, 0.1) is 6.20 Å². The minimum atomic E-state index is -1.15. The molecule has 0 aliphatic heterocycles. The van der Waals surface area contributed by atoms with Crippen LogP contribution in [0.5, 0.6) is 11.5 Å². The van der Waals surface area contributed by atoms with E-state index in [9.17, 15) is 9.18 Å². The lowest BCUT2D eigenvalue weighted by atomic mass is 10.2. The van der Waals surface area contributed by atoms with Gasteiger partial charge in [0.1, 0.15) is 5.56 Å². The molecule has 1 aromatic carbocycles. The fraction of sp³-hybridized carbons (Fsp3) is 0.0769. The van der Waals surface area contributed by atoms with Crippen LogP contribution in [-0.4, -0.2) is 16.1 Å². The normalized spacial score (nSPS) is 10.1. The SMILES string of the molecule is Cc1ccc(F)c(Oc2cnccc2C(=O)O)c1. The van der Waals surface area contributed by atoms with Crippen LogP contribution in [0.25, 0.3) is 0 Å². The third-order valence-corrected chi connectivity index (χ3v) is 2.32. The quantitative estimate of drug-likeness (QED) is 0.905. The maximum atomic E-state index is 13.5. The summed E-state index contributed by atoms with van der Waals surface area (Å²) in [7, 11) is 0. The molecular weight excluding hydrogens is 237 g/mol. The summed E-state index contributed by atoms with van der Waals surface area (Å²) in [5.41, 5.74) is 0.748. The topological polar surface area (TPSA) is 59.4 Å². The minimum Gasteiger partial charge on any atom is -0.478 e. The second-order valence-corrected chi connectivity index (χ2v) is 3.71. The van der Waals surface area contributed by atoms with Crippen LogP contribution in [0.2, 0.25) is 0 Å². The van der Waals surface area contributed by atoms with E-state index in [1.807, 2.05) is 0 Å². The first-order valence-corrected chi connectivity index (χ1v) is 5.19. The van der Waals surface area contributed by atoms with Crippen LogP contribution in [-0.2, 0) is 0 Å². The highest BCUT2D eigenvalue weighted by atomic mass is 19.1. The Bertz CT molecular complexity index is 599. The van der Waals surface area contributed by atoms with Crippen LogP contribution in [0.3, 0.4) is 0 Å². The Labute approximate surface area is 103 Å². The van der Waals surface area contributed by atoms with E-state index >= 15 is 0 Å². The third kappa shape index (κ3) is 2.45. The first kappa shape index (κ1) is 12.0. The highest BCUT2D eigenvalue weighted by Gasteiger charge is 2.13. The van der Waals surface area contributed by atoms with Crippen LogP contribution in [0.15, 0.2) is 36.7 Å². The molecule has 0 aliphatic rings. The Balaban J connectivity index is 2.40. The molecule has 0 fully saturated rings. The summed E-state index contributed by atoms with van der Waals surface area (Å²) in [6.45, 7) is 1.79. The number of benzene rings is 1. The van der Waals surface area contributed by atoms with Gasteiger partial charge in [0.25, 0.3) is 0 Å². The van der Waals surface area contributed by atoms with Crippen molar-refractivity contribution < 1.29 is 19.0 Å². The number of aryl methyl sites for hydroxylation is 1. The third-order valence-electron chi connectivity index (χ3n) is 2.32. The molecule has 0 amide bonds. The van der Waals surface area contributed by atoms with Crippen molar-refractivity contribution in [2.75, 3.05) is 0 Å². The number of aromatic nitrogens is 1. The molecule has 0 unspecified atom stereocenters. The number of halogens is 1. The summed E-state index contributed by atoms with van der Waals surface area (Å²) in [5, 5.41) is 8.97. The number of carboxylic acid groups (broad SMARTS) is 1. The second kappa shape index (κ2) is 4.83. The first-order chi connectivity index (χ1) is 8.58. The van der Waals surface area contributed by atoms with E-state index in [1.54, 1.807) is 13.0 Å². The van der Waals surface area contributed by atoms with E-state index in [-0.39, 0.29) is 17.1 Å². The van der Waals surface area contributed by atoms with Crippen molar-refractivity contribution in [3.63, 3.8) is 0 Å². The van der Waals surface area contributed by atoms with Gasteiger partial charge < -0.3 is 9.84 Å². The van der Waals surface area contributed by atoms with Crippen molar-refractivity contribution in [2.45, 2.75) is 6.92 Å². The lowest BCUT2D eigenvalue weighted by molar-refractivity contribution is 0.0694. The van der Waals surface area contributed by atoms with Crippen LogP contribution >= 0.6 is 0 Å². The molecule has 0 aliphatic carbocycles. The Kier molecular flexibility index (Phi) is 3.23. The summed E-state index contributed by atoms with van der Waals surface area (Å²) >= 11 is 0. The molecule has 0 bridgehead atoms. The largest absolute Gasteiger partial charge is 0.478 e. The maximum Gasteiger partial charge on any atom is 0.339 e. The Morgan fingerprint density at radius 1 is 1.33 bits per heavy atom. The molecule has 2 rings (SSSR count). The van der Waals surface area contributed by atoms with E-state index < -0.39 is 11.8 Å². The number of ether oxygens (including phenoxy) is 1. The molecular formula is C13H10FNO3. The molecule has 1 heterocycles. The average Bonchev–Trinajstić information content (AvgIpc) is 2.34. The number of rotatable bonds is 3. The first-order valence-electron chi connectivity index (χ1n) is 5.19. The molecule has 2 aromatic rings. The summed E-state index contributed by atoms with van der Waals surface area (Å²) < 4.78 is 18.8. The smallest absolute Gasteiger partial charge is 0.339 e. The molecule has 4 nitrogen and oxygen atoms in total. The zero-order chi connectivity index (χ0) is 13.1. The number of hydrogen-bond acceptors (Lipinski definition) is 3. The molecule has 0 saturated carbocycles. The number of carbonyl (C=O) groups is 1. The zero-order valence-electron chi connectivity index (χ0n) is 9.55. The van der Waals surface area contributed by atoms with Crippen molar-refractivity contribution in [2.24, 2.45) is 0 Å². The second-order valence-electron chi connectivity index (χ2n) is 3.71. The highest BCUT2D eigenvalue weighted by Crippen LogP contribution is 2.27. The minimum absolute atomic E-state index is 0.00880. The van der Waals surface area contributed by atoms with E-state index in [0.29, 0.717) is 0 Å². The molecule has 5 heteroatoms. The number of pyridine rings is 1. The average molecular weight is 247 g/mol. The predicted molar refractivity (Wildman–Crippen MR) is 62.4 cm³/mol. The van der Waals surface area contributed by atoms with E-state index in [2.05, 4.69) is 4.98 Å².